The molecule has 5 heterocycles. The van der Waals surface area contributed by atoms with E-state index in [0.717, 1.165) is 27.1 Å². The van der Waals surface area contributed by atoms with Gasteiger partial charge in [0.2, 0.25) is 11.8 Å². The molecule has 6 aromatic carbocycles. The lowest BCUT2D eigenvalue weighted by Gasteiger charge is -2.46. The highest BCUT2D eigenvalue weighted by atomic mass is 16.6. The number of nitrogens with zero attached hydrogens (tertiary/aromatic N) is 6. The first-order valence-electron chi connectivity index (χ1n) is 25.1. The summed E-state index contributed by atoms with van der Waals surface area (Å²) >= 11 is 0. The summed E-state index contributed by atoms with van der Waals surface area (Å²) in [5, 5.41) is 18.5. The molecular weight excluding hydrogens is 969 g/mol. The van der Waals surface area contributed by atoms with Crippen LogP contribution in [0.4, 0.5) is 10.5 Å². The number of aliphatic hydroxyl groups excluding tert-OH is 1. The summed E-state index contributed by atoms with van der Waals surface area (Å²) in [6, 6.07) is 39.0. The number of hydrogen-bond acceptors (Lipinski definition) is 14. The molecule has 386 valence electrons. The number of amides is 3. The van der Waals surface area contributed by atoms with E-state index in [4.69, 9.17) is 28.4 Å². The van der Waals surface area contributed by atoms with Crippen molar-refractivity contribution in [1.82, 2.24) is 24.8 Å². The number of methoxy groups -OCH3 is 3. The first kappa shape index (κ1) is 49.6. The molecule has 1 aromatic heterocycles. The first-order chi connectivity index (χ1) is 37.2. The highest BCUT2D eigenvalue weighted by molar-refractivity contribution is 6.23. The third-order valence-corrected chi connectivity index (χ3v) is 14.9. The molecule has 17 nitrogen and oxygen atoms in total. The molecule has 11 rings (SSSR count). The molecule has 0 unspecified atom stereocenters. The van der Waals surface area contributed by atoms with Gasteiger partial charge in [-0.15, -0.1) is 5.10 Å². The van der Waals surface area contributed by atoms with Gasteiger partial charge >= 0.3 is 12.1 Å². The summed E-state index contributed by atoms with van der Waals surface area (Å²) in [4.78, 5) is 68.6. The second-order valence-corrected chi connectivity index (χ2v) is 18.9. The van der Waals surface area contributed by atoms with Gasteiger partial charge in [-0.1, -0.05) is 102 Å². The summed E-state index contributed by atoms with van der Waals surface area (Å²) in [5.74, 6) is 4.30. The van der Waals surface area contributed by atoms with Gasteiger partial charge in [-0.05, 0) is 94.4 Å². The van der Waals surface area contributed by atoms with Crippen LogP contribution in [0.1, 0.15) is 57.1 Å². The van der Waals surface area contributed by atoms with Crippen LogP contribution in [0.15, 0.2) is 140 Å². The molecule has 6 atom stereocenters. The largest absolute Gasteiger partial charge is 0.493 e. The van der Waals surface area contributed by atoms with Gasteiger partial charge < -0.3 is 38.4 Å². The predicted octanol–water partition coefficient (Wildman–Crippen LogP) is 6.90. The molecule has 3 amide bonds. The van der Waals surface area contributed by atoms with Gasteiger partial charge in [0, 0.05) is 25.8 Å². The van der Waals surface area contributed by atoms with E-state index >= 15 is 14.4 Å². The molecule has 17 heteroatoms. The minimum Gasteiger partial charge on any atom is -0.493 e. The zero-order chi connectivity index (χ0) is 52.5. The average molecular weight is 1020 g/mol. The maximum absolute atomic E-state index is 16.8. The van der Waals surface area contributed by atoms with Crippen molar-refractivity contribution < 1.29 is 52.7 Å². The normalized spacial score (nSPS) is 21.6. The third kappa shape index (κ3) is 8.53. The Bertz CT molecular complexity index is 3410. The van der Waals surface area contributed by atoms with Crippen molar-refractivity contribution in [3.8, 4) is 29.1 Å². The van der Waals surface area contributed by atoms with Crippen molar-refractivity contribution in [1.29, 1.82) is 0 Å². The number of hydrogen-bond donors (Lipinski definition) is 1. The number of rotatable bonds is 13. The van der Waals surface area contributed by atoms with Gasteiger partial charge in [-0.3, -0.25) is 19.3 Å². The lowest BCUT2D eigenvalue weighted by molar-refractivity contribution is -0.179. The Labute approximate surface area is 438 Å². The smallest absolute Gasteiger partial charge is 0.421 e. The topological polar surface area (TPSA) is 184 Å². The van der Waals surface area contributed by atoms with Crippen LogP contribution in [0.5, 0.6) is 17.2 Å². The standard InChI is InChI=1S/C59H54N6O11/c1-71-30-31-75-58(70)64-46-24-23-37(14-13-26-63-47-22-11-10-21-45(47)60-61-63)32-44(46)59(57(64)69)50(55(67)62-27-25-40-34-48(72-2)49(73-3)35-42(40)36-62)52-56(68)76-53(39-17-8-5-9-18-39)51(38-15-6-4-7-16-38)65(52)54(59)41-19-12-20-43(33-41)74-29-28-66/h4-12,15-24,32-35,50-54,66H,25-31,36H2,1-3H3/t50-,51-,52-,53+,54+,59-/m0/s1. The summed E-state index contributed by atoms with van der Waals surface area (Å²) in [6.45, 7) is 0.0204. The molecule has 2 saturated heterocycles. The van der Waals surface area contributed by atoms with Crippen LogP contribution in [0.25, 0.3) is 11.0 Å². The van der Waals surface area contributed by atoms with Crippen molar-refractivity contribution in [3.63, 3.8) is 0 Å². The van der Waals surface area contributed by atoms with Crippen LogP contribution in [0.3, 0.4) is 0 Å². The van der Waals surface area contributed by atoms with Crippen molar-refractivity contribution in [3.05, 3.63) is 178 Å². The van der Waals surface area contributed by atoms with Crippen molar-refractivity contribution >= 4 is 40.6 Å². The van der Waals surface area contributed by atoms with Crippen LogP contribution in [0.2, 0.25) is 0 Å². The number of imide groups is 1. The Morgan fingerprint density at radius 1 is 0.776 bits per heavy atom. The van der Waals surface area contributed by atoms with Gasteiger partial charge in [0.15, 0.2) is 11.5 Å². The van der Waals surface area contributed by atoms with Crippen LogP contribution >= 0.6 is 0 Å². The molecule has 4 aliphatic rings. The van der Waals surface area contributed by atoms with Crippen LogP contribution < -0.4 is 19.1 Å². The fourth-order valence-electron chi connectivity index (χ4n) is 11.7. The number of esters is 1. The maximum atomic E-state index is 16.8. The second-order valence-electron chi connectivity index (χ2n) is 18.9. The number of para-hydroxylation sites is 1. The summed E-state index contributed by atoms with van der Waals surface area (Å²) in [7, 11) is 4.58. The molecule has 0 bridgehead atoms. The van der Waals surface area contributed by atoms with E-state index in [1.807, 2.05) is 108 Å². The quantitative estimate of drug-likeness (QED) is 0.0715. The Kier molecular flexibility index (Phi) is 13.7. The highest BCUT2D eigenvalue weighted by Gasteiger charge is 2.76. The molecule has 0 radical (unpaired) electrons. The average Bonchev–Trinajstić information content (AvgIpc) is 4.18. The Balaban J connectivity index is 1.18. The molecule has 76 heavy (non-hydrogen) atoms. The Morgan fingerprint density at radius 3 is 2.25 bits per heavy atom. The number of fused-ring (bicyclic) bond motifs is 5. The second kappa shape index (κ2) is 21.0. The number of morpholine rings is 1. The van der Waals surface area contributed by atoms with E-state index in [1.165, 1.54) is 7.11 Å². The molecule has 4 aliphatic heterocycles. The van der Waals surface area contributed by atoms with E-state index in [9.17, 15) is 9.90 Å². The predicted molar refractivity (Wildman–Crippen MR) is 277 cm³/mol. The number of ether oxygens (including phenoxy) is 6. The fourth-order valence-corrected chi connectivity index (χ4v) is 11.7. The number of aliphatic hydroxyl groups is 1. The Morgan fingerprint density at radius 2 is 1.50 bits per heavy atom. The molecule has 7 aromatic rings. The molecular formula is C59H54N6O11. The van der Waals surface area contributed by atoms with Gasteiger partial charge in [0.1, 0.15) is 48.6 Å². The number of cyclic esters (lactones) is 1. The number of benzene rings is 6. The van der Waals surface area contributed by atoms with E-state index < -0.39 is 59.4 Å². The number of carbonyl (C=O) groups excluding carboxylic acids is 4. The van der Waals surface area contributed by atoms with E-state index in [-0.39, 0.29) is 57.3 Å². The summed E-state index contributed by atoms with van der Waals surface area (Å²) < 4.78 is 36.9. The van der Waals surface area contributed by atoms with Crippen LogP contribution in [0, 0.1) is 17.8 Å². The molecule has 2 fully saturated rings. The van der Waals surface area contributed by atoms with Gasteiger partial charge in [-0.25, -0.2) is 14.4 Å². The molecule has 0 saturated carbocycles. The zero-order valence-electron chi connectivity index (χ0n) is 42.0. The van der Waals surface area contributed by atoms with Crippen LogP contribution in [-0.4, -0.2) is 114 Å². The van der Waals surface area contributed by atoms with E-state index in [1.54, 1.807) is 60.2 Å². The molecule has 0 aliphatic carbocycles. The monoisotopic (exact) mass is 1020 g/mol. The van der Waals surface area contributed by atoms with Crippen LogP contribution in [-0.2, 0) is 53.5 Å². The third-order valence-electron chi connectivity index (χ3n) is 14.9. The zero-order valence-corrected chi connectivity index (χ0v) is 42.0. The number of carbonyl (C=O) groups is 4. The Hall–Kier alpha value is -8.56. The van der Waals surface area contributed by atoms with Crippen molar-refractivity contribution in [2.24, 2.45) is 5.92 Å². The van der Waals surface area contributed by atoms with E-state index in [0.29, 0.717) is 45.9 Å². The number of anilines is 1. The first-order valence-corrected chi connectivity index (χ1v) is 25.1. The van der Waals surface area contributed by atoms with E-state index in [2.05, 4.69) is 22.2 Å². The molecule has 1 N–H and O–H groups in total. The fraction of sp³-hybridized carbons (Fsp3) is 0.288. The summed E-state index contributed by atoms with van der Waals surface area (Å²) in [5.41, 5.74) is 3.95. The summed E-state index contributed by atoms with van der Waals surface area (Å²) in [6.07, 6.45) is -1.53. The highest BCUT2D eigenvalue weighted by Crippen LogP contribution is 2.66. The van der Waals surface area contributed by atoms with Gasteiger partial charge in [0.25, 0.3) is 0 Å². The van der Waals surface area contributed by atoms with Gasteiger partial charge in [0.05, 0.1) is 56.6 Å². The lowest BCUT2D eigenvalue weighted by atomic mass is 9.64. The molecule has 1 spiro atoms. The number of aromatic nitrogens is 3. The van der Waals surface area contributed by atoms with Gasteiger partial charge in [-0.2, -0.15) is 0 Å². The maximum Gasteiger partial charge on any atom is 0.421 e. The van der Waals surface area contributed by atoms with Crippen molar-refractivity contribution in [2.75, 3.05) is 59.2 Å². The lowest BCUT2D eigenvalue weighted by Crippen LogP contribution is -2.57. The minimum atomic E-state index is -2.09. The van der Waals surface area contributed by atoms with Crippen molar-refractivity contribution in [2.45, 2.75) is 49.2 Å². The SMILES string of the molecule is COCCOC(=O)N1C(=O)[C@@]2(c3cc(C#CCn4nnc5ccccc54)ccc31)[C@H](C(=O)N1CCc3cc(OC)c(OC)cc3C1)[C@H]1C(=O)O[C@H](c3ccccc3)[C@H](c3ccccc3)N1[C@@H]2c1cccc(OCCO)c1. The minimum absolute atomic E-state index is 0.0376.